The quantitative estimate of drug-likeness (QED) is 0.534. The van der Waals surface area contributed by atoms with Crippen molar-refractivity contribution in [3.8, 4) is 6.07 Å². The van der Waals surface area contributed by atoms with Gasteiger partial charge in [0, 0.05) is 38.1 Å². The van der Waals surface area contributed by atoms with Gasteiger partial charge in [-0.25, -0.2) is 4.90 Å². The van der Waals surface area contributed by atoms with Crippen molar-refractivity contribution in [3.05, 3.63) is 89.6 Å². The van der Waals surface area contributed by atoms with E-state index in [9.17, 15) is 14.4 Å². The van der Waals surface area contributed by atoms with E-state index >= 15 is 0 Å². The van der Waals surface area contributed by atoms with Crippen LogP contribution in [0.1, 0.15) is 18.1 Å². The van der Waals surface area contributed by atoms with Crippen LogP contribution in [0.4, 0.5) is 22.7 Å². The topological polar surface area (TPSA) is 106 Å². The molecule has 35 heavy (non-hydrogen) atoms. The van der Waals surface area contributed by atoms with Crippen LogP contribution in [0.2, 0.25) is 0 Å². The number of anilines is 4. The normalized spacial score (nSPS) is 13.0. The molecule has 0 fully saturated rings. The van der Waals surface area contributed by atoms with Crippen LogP contribution in [0.15, 0.2) is 78.5 Å². The van der Waals surface area contributed by atoms with Gasteiger partial charge in [-0.2, -0.15) is 5.26 Å². The van der Waals surface area contributed by atoms with Gasteiger partial charge in [0.2, 0.25) is 5.91 Å². The van der Waals surface area contributed by atoms with Gasteiger partial charge in [0.25, 0.3) is 11.8 Å². The monoisotopic (exact) mass is 465 g/mol. The van der Waals surface area contributed by atoms with Crippen molar-refractivity contribution in [2.24, 2.45) is 0 Å². The number of carbonyl (C=O) groups excluding carboxylic acids is 3. The molecule has 0 aliphatic carbocycles. The number of hydrogen-bond acceptors (Lipinski definition) is 6. The molecule has 1 heterocycles. The van der Waals surface area contributed by atoms with Crippen molar-refractivity contribution in [1.29, 1.82) is 5.26 Å². The van der Waals surface area contributed by atoms with E-state index in [1.807, 2.05) is 49.3 Å². The molecule has 3 amide bonds. The van der Waals surface area contributed by atoms with Gasteiger partial charge in [-0.05, 0) is 66.2 Å². The first-order valence-electron chi connectivity index (χ1n) is 10.8. The Kier molecular flexibility index (Phi) is 6.34. The number of nitrogens with zero attached hydrogens (tertiary/aromatic N) is 3. The Morgan fingerprint density at radius 2 is 1.46 bits per heavy atom. The molecule has 3 aromatic rings. The zero-order valence-corrected chi connectivity index (χ0v) is 19.5. The summed E-state index contributed by atoms with van der Waals surface area (Å²) < 4.78 is 0. The van der Waals surface area contributed by atoms with Crippen LogP contribution in [0.5, 0.6) is 0 Å². The summed E-state index contributed by atoms with van der Waals surface area (Å²) in [5.74, 6) is -1.20. The number of nitriles is 1. The van der Waals surface area contributed by atoms with Crippen LogP contribution >= 0.6 is 0 Å². The predicted molar refractivity (Wildman–Crippen MR) is 136 cm³/mol. The standard InChI is InChI=1S/C27H23N5O3/c1-17(33)29-20-8-6-19(7-9-20)24-25(30-21-10-14-22(15-11-21)31(2)3)27(35)32(26(24)34)23-12-4-18(16-28)5-13-23/h4-15,30H,1-3H3,(H,29,33). The lowest BCUT2D eigenvalue weighted by atomic mass is 10.0. The second-order valence-corrected chi connectivity index (χ2v) is 8.18. The van der Waals surface area contributed by atoms with Gasteiger partial charge >= 0.3 is 0 Å². The molecule has 2 N–H and O–H groups in total. The first-order valence-corrected chi connectivity index (χ1v) is 10.8. The van der Waals surface area contributed by atoms with Gasteiger partial charge in [0.05, 0.1) is 22.9 Å². The van der Waals surface area contributed by atoms with Gasteiger partial charge in [0.15, 0.2) is 0 Å². The molecule has 0 saturated heterocycles. The Balaban J connectivity index is 1.75. The second-order valence-electron chi connectivity index (χ2n) is 8.18. The van der Waals surface area contributed by atoms with E-state index in [0.29, 0.717) is 28.2 Å². The average Bonchev–Trinajstić information content (AvgIpc) is 3.08. The highest BCUT2D eigenvalue weighted by molar-refractivity contribution is 6.46. The minimum atomic E-state index is -0.502. The van der Waals surface area contributed by atoms with Crippen molar-refractivity contribution < 1.29 is 14.4 Å². The van der Waals surface area contributed by atoms with Crippen LogP contribution in [0.25, 0.3) is 5.57 Å². The van der Waals surface area contributed by atoms with Crippen LogP contribution in [0.3, 0.4) is 0 Å². The van der Waals surface area contributed by atoms with Crippen LogP contribution in [-0.4, -0.2) is 31.8 Å². The number of carbonyl (C=O) groups is 3. The third-order valence-corrected chi connectivity index (χ3v) is 5.49. The number of hydrogen-bond donors (Lipinski definition) is 2. The van der Waals surface area contributed by atoms with E-state index < -0.39 is 11.8 Å². The third kappa shape index (κ3) is 4.75. The van der Waals surface area contributed by atoms with Crippen molar-refractivity contribution >= 4 is 46.0 Å². The summed E-state index contributed by atoms with van der Waals surface area (Å²) in [5.41, 5.74) is 3.90. The summed E-state index contributed by atoms with van der Waals surface area (Å²) in [5, 5.41) is 14.9. The lowest BCUT2D eigenvalue weighted by Gasteiger charge is -2.16. The molecular weight excluding hydrogens is 442 g/mol. The molecule has 4 rings (SSSR count). The van der Waals surface area contributed by atoms with E-state index in [0.717, 1.165) is 10.6 Å². The Morgan fingerprint density at radius 3 is 2.00 bits per heavy atom. The van der Waals surface area contributed by atoms with Gasteiger partial charge in [-0.15, -0.1) is 0 Å². The van der Waals surface area contributed by atoms with Crippen molar-refractivity contribution in [2.45, 2.75) is 6.92 Å². The summed E-state index contributed by atoms with van der Waals surface area (Å²) in [6.45, 7) is 1.41. The van der Waals surface area contributed by atoms with Crippen molar-refractivity contribution in [2.75, 3.05) is 34.5 Å². The highest BCUT2D eigenvalue weighted by atomic mass is 16.2. The fourth-order valence-corrected chi connectivity index (χ4v) is 3.74. The zero-order chi connectivity index (χ0) is 25.1. The maximum Gasteiger partial charge on any atom is 0.282 e. The van der Waals surface area contributed by atoms with Crippen LogP contribution in [0, 0.1) is 11.3 Å². The highest BCUT2D eigenvalue weighted by Crippen LogP contribution is 2.34. The molecule has 0 aromatic heterocycles. The number of imide groups is 1. The SMILES string of the molecule is CC(=O)Nc1ccc(C2=C(Nc3ccc(N(C)C)cc3)C(=O)N(c3ccc(C#N)cc3)C2=O)cc1. The molecule has 0 saturated carbocycles. The second kappa shape index (κ2) is 9.53. The molecule has 1 aliphatic rings. The van der Waals surface area contributed by atoms with E-state index in [1.165, 1.54) is 6.92 Å². The minimum absolute atomic E-state index is 0.143. The third-order valence-electron chi connectivity index (χ3n) is 5.49. The van der Waals surface area contributed by atoms with Crippen molar-refractivity contribution in [1.82, 2.24) is 0 Å². The molecule has 0 atom stereocenters. The molecule has 8 heteroatoms. The van der Waals surface area contributed by atoms with Crippen molar-refractivity contribution in [3.63, 3.8) is 0 Å². The summed E-state index contributed by atoms with van der Waals surface area (Å²) in [6.07, 6.45) is 0. The molecule has 8 nitrogen and oxygen atoms in total. The molecule has 0 radical (unpaired) electrons. The Bertz CT molecular complexity index is 1370. The Hall–Kier alpha value is -4.90. The zero-order valence-electron chi connectivity index (χ0n) is 19.5. The van der Waals surface area contributed by atoms with E-state index in [-0.39, 0.29) is 17.2 Å². The van der Waals surface area contributed by atoms with Gasteiger partial charge in [-0.1, -0.05) is 12.1 Å². The molecule has 1 aliphatic heterocycles. The fraction of sp³-hybridized carbons (Fsp3) is 0.111. The lowest BCUT2D eigenvalue weighted by Crippen LogP contribution is -2.32. The van der Waals surface area contributed by atoms with Crippen LogP contribution < -0.4 is 20.4 Å². The number of nitrogens with one attached hydrogen (secondary N) is 2. The van der Waals surface area contributed by atoms with Gasteiger partial charge in [-0.3, -0.25) is 14.4 Å². The van der Waals surface area contributed by atoms with E-state index in [2.05, 4.69) is 10.6 Å². The Morgan fingerprint density at radius 1 is 0.857 bits per heavy atom. The summed E-state index contributed by atoms with van der Waals surface area (Å²) in [7, 11) is 3.87. The first kappa shape index (κ1) is 23.3. The molecule has 0 bridgehead atoms. The van der Waals surface area contributed by atoms with Crippen LogP contribution in [-0.2, 0) is 14.4 Å². The fourth-order valence-electron chi connectivity index (χ4n) is 3.74. The first-order chi connectivity index (χ1) is 16.8. The average molecular weight is 466 g/mol. The summed E-state index contributed by atoms with van der Waals surface area (Å²) >= 11 is 0. The molecule has 0 spiro atoms. The molecular formula is C27H23N5O3. The minimum Gasteiger partial charge on any atom is -0.378 e. The van der Waals surface area contributed by atoms with Gasteiger partial charge in [0.1, 0.15) is 5.70 Å². The number of amides is 3. The van der Waals surface area contributed by atoms with E-state index in [4.69, 9.17) is 5.26 Å². The molecule has 3 aromatic carbocycles. The van der Waals surface area contributed by atoms with Gasteiger partial charge < -0.3 is 15.5 Å². The highest BCUT2D eigenvalue weighted by Gasteiger charge is 2.40. The summed E-state index contributed by atoms with van der Waals surface area (Å²) in [4.78, 5) is 41.5. The largest absolute Gasteiger partial charge is 0.378 e. The summed E-state index contributed by atoms with van der Waals surface area (Å²) in [6, 6.07) is 22.5. The predicted octanol–water partition coefficient (Wildman–Crippen LogP) is 3.98. The smallest absolute Gasteiger partial charge is 0.282 e. The number of benzene rings is 3. The number of rotatable bonds is 6. The van der Waals surface area contributed by atoms with E-state index in [1.54, 1.807) is 48.5 Å². The maximum atomic E-state index is 13.5. The lowest BCUT2D eigenvalue weighted by molar-refractivity contribution is -0.120. The Labute approximate surface area is 203 Å². The molecule has 174 valence electrons. The molecule has 0 unspecified atom stereocenters. The maximum absolute atomic E-state index is 13.5.